The summed E-state index contributed by atoms with van der Waals surface area (Å²) in [7, 11) is 0. The van der Waals surface area contributed by atoms with E-state index in [-0.39, 0.29) is 0 Å². The van der Waals surface area contributed by atoms with E-state index in [1.165, 1.54) is 18.4 Å². The summed E-state index contributed by atoms with van der Waals surface area (Å²) >= 11 is 0. The van der Waals surface area contributed by atoms with Crippen LogP contribution in [0.2, 0.25) is 0 Å². The fourth-order valence-corrected chi connectivity index (χ4v) is 2.57. The SMILES string of the molecule is c1cn(-c2ccc(CNCC3CCOCC3)cc2)cn1. The molecule has 0 amide bonds. The summed E-state index contributed by atoms with van der Waals surface area (Å²) in [6.07, 6.45) is 7.94. The fourth-order valence-electron chi connectivity index (χ4n) is 2.57. The highest BCUT2D eigenvalue weighted by molar-refractivity contribution is 5.34. The smallest absolute Gasteiger partial charge is 0.0991 e. The van der Waals surface area contributed by atoms with Gasteiger partial charge in [0.2, 0.25) is 0 Å². The van der Waals surface area contributed by atoms with Crippen LogP contribution in [0.15, 0.2) is 43.0 Å². The quantitative estimate of drug-likeness (QED) is 0.907. The average molecular weight is 271 g/mol. The van der Waals surface area contributed by atoms with Crippen LogP contribution < -0.4 is 5.32 Å². The predicted octanol–water partition coefficient (Wildman–Crippen LogP) is 2.39. The number of rotatable bonds is 5. The van der Waals surface area contributed by atoms with Crippen LogP contribution in [0.4, 0.5) is 0 Å². The summed E-state index contributed by atoms with van der Waals surface area (Å²) in [6.45, 7) is 3.87. The van der Waals surface area contributed by atoms with Gasteiger partial charge in [-0.15, -0.1) is 0 Å². The molecule has 1 aromatic carbocycles. The Morgan fingerprint density at radius 3 is 2.70 bits per heavy atom. The number of hydrogen-bond acceptors (Lipinski definition) is 3. The van der Waals surface area contributed by atoms with Crippen molar-refractivity contribution in [2.75, 3.05) is 19.8 Å². The highest BCUT2D eigenvalue weighted by Gasteiger charge is 2.12. The standard InChI is InChI=1S/C16H21N3O/c1-3-16(19-8-7-17-13-19)4-2-14(1)11-18-12-15-5-9-20-10-6-15/h1-4,7-8,13,15,18H,5-6,9-12H2. The van der Waals surface area contributed by atoms with Gasteiger partial charge in [-0.3, -0.25) is 0 Å². The molecule has 1 aliphatic rings. The zero-order chi connectivity index (χ0) is 13.6. The van der Waals surface area contributed by atoms with Crippen LogP contribution in [0.5, 0.6) is 0 Å². The van der Waals surface area contributed by atoms with Crippen molar-refractivity contribution in [2.24, 2.45) is 5.92 Å². The number of aromatic nitrogens is 2. The molecule has 0 saturated carbocycles. The minimum absolute atomic E-state index is 0.772. The molecule has 4 heteroatoms. The Hall–Kier alpha value is -1.65. The van der Waals surface area contributed by atoms with Gasteiger partial charge in [0.15, 0.2) is 0 Å². The Bertz CT molecular complexity index is 501. The lowest BCUT2D eigenvalue weighted by atomic mass is 10.0. The Labute approximate surface area is 119 Å². The van der Waals surface area contributed by atoms with Crippen LogP contribution in [-0.4, -0.2) is 29.3 Å². The van der Waals surface area contributed by atoms with E-state index in [0.717, 1.165) is 37.9 Å². The van der Waals surface area contributed by atoms with Gasteiger partial charge in [-0.1, -0.05) is 12.1 Å². The van der Waals surface area contributed by atoms with Crippen LogP contribution in [0.25, 0.3) is 5.69 Å². The molecule has 0 unspecified atom stereocenters. The van der Waals surface area contributed by atoms with E-state index in [1.807, 2.05) is 17.1 Å². The third-order valence-corrected chi connectivity index (χ3v) is 3.84. The molecule has 0 radical (unpaired) electrons. The maximum atomic E-state index is 5.38. The molecule has 2 heterocycles. The van der Waals surface area contributed by atoms with Crippen molar-refractivity contribution in [1.29, 1.82) is 0 Å². The molecule has 3 rings (SSSR count). The summed E-state index contributed by atoms with van der Waals surface area (Å²) in [4.78, 5) is 4.06. The van der Waals surface area contributed by atoms with Gasteiger partial charge in [0, 0.05) is 37.8 Å². The average Bonchev–Trinajstić information content (AvgIpc) is 3.03. The molecule has 0 bridgehead atoms. The maximum Gasteiger partial charge on any atom is 0.0991 e. The Balaban J connectivity index is 1.48. The number of nitrogens with zero attached hydrogens (tertiary/aromatic N) is 2. The van der Waals surface area contributed by atoms with Gasteiger partial charge >= 0.3 is 0 Å². The fraction of sp³-hybridized carbons (Fsp3) is 0.438. The number of imidazole rings is 1. The lowest BCUT2D eigenvalue weighted by Gasteiger charge is -2.22. The molecule has 1 fully saturated rings. The topological polar surface area (TPSA) is 39.1 Å². The van der Waals surface area contributed by atoms with Crippen molar-refractivity contribution in [2.45, 2.75) is 19.4 Å². The zero-order valence-corrected chi connectivity index (χ0v) is 11.7. The number of ether oxygens (including phenoxy) is 1. The van der Waals surface area contributed by atoms with Crippen LogP contribution >= 0.6 is 0 Å². The van der Waals surface area contributed by atoms with Gasteiger partial charge in [0.05, 0.1) is 6.33 Å². The van der Waals surface area contributed by atoms with Crippen LogP contribution in [0.1, 0.15) is 18.4 Å². The van der Waals surface area contributed by atoms with Crippen molar-refractivity contribution >= 4 is 0 Å². The number of hydrogen-bond donors (Lipinski definition) is 1. The highest BCUT2D eigenvalue weighted by atomic mass is 16.5. The minimum Gasteiger partial charge on any atom is -0.381 e. The summed E-state index contributed by atoms with van der Waals surface area (Å²) in [5.74, 6) is 0.772. The van der Waals surface area contributed by atoms with E-state index < -0.39 is 0 Å². The van der Waals surface area contributed by atoms with Gasteiger partial charge in [-0.25, -0.2) is 4.98 Å². The second-order valence-corrected chi connectivity index (χ2v) is 5.32. The molecule has 4 nitrogen and oxygen atoms in total. The third-order valence-electron chi connectivity index (χ3n) is 3.84. The normalized spacial score (nSPS) is 16.4. The van der Waals surface area contributed by atoms with Crippen molar-refractivity contribution in [3.05, 3.63) is 48.5 Å². The first-order valence-electron chi connectivity index (χ1n) is 7.27. The minimum atomic E-state index is 0.772. The molecular formula is C16H21N3O. The van der Waals surface area contributed by atoms with Crippen LogP contribution in [-0.2, 0) is 11.3 Å². The van der Waals surface area contributed by atoms with Gasteiger partial charge < -0.3 is 14.6 Å². The van der Waals surface area contributed by atoms with Crippen molar-refractivity contribution in [1.82, 2.24) is 14.9 Å². The van der Waals surface area contributed by atoms with Gasteiger partial charge in [-0.2, -0.15) is 0 Å². The third kappa shape index (κ3) is 3.46. The van der Waals surface area contributed by atoms with E-state index >= 15 is 0 Å². The lowest BCUT2D eigenvalue weighted by molar-refractivity contribution is 0.0662. The Kier molecular flexibility index (Phi) is 4.46. The van der Waals surface area contributed by atoms with E-state index in [4.69, 9.17) is 4.74 Å². The van der Waals surface area contributed by atoms with Crippen LogP contribution in [0, 0.1) is 5.92 Å². The first-order chi connectivity index (χ1) is 9.92. The maximum absolute atomic E-state index is 5.38. The molecule has 106 valence electrons. The van der Waals surface area contributed by atoms with Crippen molar-refractivity contribution in [3.63, 3.8) is 0 Å². The van der Waals surface area contributed by atoms with Gasteiger partial charge in [0.25, 0.3) is 0 Å². The Morgan fingerprint density at radius 1 is 1.20 bits per heavy atom. The first-order valence-corrected chi connectivity index (χ1v) is 7.27. The molecule has 20 heavy (non-hydrogen) atoms. The summed E-state index contributed by atoms with van der Waals surface area (Å²) in [5, 5.41) is 3.55. The van der Waals surface area contributed by atoms with Crippen molar-refractivity contribution in [3.8, 4) is 5.69 Å². The molecule has 1 N–H and O–H groups in total. The van der Waals surface area contributed by atoms with E-state index in [2.05, 4.69) is 34.6 Å². The number of nitrogens with one attached hydrogen (secondary N) is 1. The summed E-state index contributed by atoms with van der Waals surface area (Å²) < 4.78 is 7.39. The predicted molar refractivity (Wildman–Crippen MR) is 78.8 cm³/mol. The highest BCUT2D eigenvalue weighted by Crippen LogP contribution is 2.14. The largest absolute Gasteiger partial charge is 0.381 e. The van der Waals surface area contributed by atoms with Gasteiger partial charge in [0.1, 0.15) is 0 Å². The second-order valence-electron chi connectivity index (χ2n) is 5.32. The van der Waals surface area contributed by atoms with E-state index in [0.29, 0.717) is 0 Å². The molecule has 0 aliphatic carbocycles. The molecule has 1 aliphatic heterocycles. The molecular weight excluding hydrogens is 250 g/mol. The first kappa shape index (κ1) is 13.3. The monoisotopic (exact) mass is 271 g/mol. The summed E-state index contributed by atoms with van der Waals surface area (Å²) in [6, 6.07) is 8.61. The molecule has 0 atom stereocenters. The van der Waals surface area contributed by atoms with Crippen LogP contribution in [0.3, 0.4) is 0 Å². The van der Waals surface area contributed by atoms with E-state index in [1.54, 1.807) is 6.20 Å². The van der Waals surface area contributed by atoms with E-state index in [9.17, 15) is 0 Å². The second kappa shape index (κ2) is 6.68. The zero-order valence-electron chi connectivity index (χ0n) is 11.7. The summed E-state index contributed by atoms with van der Waals surface area (Å²) in [5.41, 5.74) is 2.47. The molecule has 1 saturated heterocycles. The van der Waals surface area contributed by atoms with Gasteiger partial charge in [-0.05, 0) is 43.0 Å². The molecule has 1 aromatic heterocycles. The molecule has 0 spiro atoms. The van der Waals surface area contributed by atoms with Crippen molar-refractivity contribution < 1.29 is 4.74 Å². The Morgan fingerprint density at radius 2 is 2.00 bits per heavy atom. The number of benzene rings is 1. The molecule has 2 aromatic rings. The lowest BCUT2D eigenvalue weighted by Crippen LogP contribution is -2.27.